The number of hydrogen-bond acceptors (Lipinski definition) is 1. The number of allylic oxidation sites excluding steroid dienone is 3. The molecule has 4 rings (SSSR count). The maximum atomic E-state index is 3.50. The smallest absolute Gasteiger partial charge is 0.0555 e. The van der Waals surface area contributed by atoms with Crippen LogP contribution in [0.5, 0.6) is 0 Å². The average molecular weight is 319 g/mol. The molecule has 0 saturated carbocycles. The van der Waals surface area contributed by atoms with Crippen LogP contribution in [0.25, 0.3) is 16.7 Å². The zero-order chi connectivity index (χ0) is 16.9. The second kappa shape index (κ2) is 6.95. The first-order valence-corrected chi connectivity index (χ1v) is 8.30. The molecular formula is C24H17N. The first-order valence-electron chi connectivity index (χ1n) is 8.30. The van der Waals surface area contributed by atoms with Gasteiger partial charge in [0, 0.05) is 17.3 Å². The van der Waals surface area contributed by atoms with Gasteiger partial charge >= 0.3 is 0 Å². The third kappa shape index (κ3) is 3.39. The van der Waals surface area contributed by atoms with Crippen LogP contribution in [0.1, 0.15) is 5.56 Å². The van der Waals surface area contributed by atoms with Crippen LogP contribution in [0.2, 0.25) is 0 Å². The Hall–Kier alpha value is -3.50. The van der Waals surface area contributed by atoms with Gasteiger partial charge in [0.1, 0.15) is 0 Å². The Morgan fingerprint density at radius 3 is 1.76 bits per heavy atom. The zero-order valence-corrected chi connectivity index (χ0v) is 13.7. The molecule has 0 unspecified atom stereocenters. The molecule has 0 aliphatic heterocycles. The van der Waals surface area contributed by atoms with Crippen molar-refractivity contribution in [2.45, 2.75) is 0 Å². The molecule has 0 fully saturated rings. The van der Waals surface area contributed by atoms with E-state index in [9.17, 15) is 0 Å². The van der Waals surface area contributed by atoms with Gasteiger partial charge in [-0.05, 0) is 34.9 Å². The standard InChI is InChI=1S/C24H17N/c1-3-9-19(10-4-1)20-15-17-22(18-16-20)25-24-14-8-7-13-23(24)21-11-5-2-6-12-21/h1-6,9-18,25H. The van der Waals surface area contributed by atoms with Gasteiger partial charge < -0.3 is 5.32 Å². The summed E-state index contributed by atoms with van der Waals surface area (Å²) in [6, 6.07) is 29.2. The molecule has 0 atom stereocenters. The monoisotopic (exact) mass is 319 g/mol. The minimum Gasteiger partial charge on any atom is -0.354 e. The summed E-state index contributed by atoms with van der Waals surface area (Å²) in [5.41, 5.74) is 12.9. The van der Waals surface area contributed by atoms with Gasteiger partial charge in [0.15, 0.2) is 0 Å². The Bertz CT molecular complexity index is 997. The number of rotatable bonds is 4. The molecule has 0 saturated heterocycles. The fraction of sp³-hybridized carbons (Fsp3) is 0. The summed E-state index contributed by atoms with van der Waals surface area (Å²) in [5.74, 6) is 0. The molecule has 1 heteroatoms. The lowest BCUT2D eigenvalue weighted by atomic mass is 10.0. The molecule has 0 bridgehead atoms. The summed E-state index contributed by atoms with van der Waals surface area (Å²) in [5, 5.41) is 3.50. The van der Waals surface area contributed by atoms with Gasteiger partial charge in [0.2, 0.25) is 0 Å². The lowest BCUT2D eigenvalue weighted by molar-refractivity contribution is 1.46. The van der Waals surface area contributed by atoms with Crippen LogP contribution < -0.4 is 5.32 Å². The van der Waals surface area contributed by atoms with Crippen molar-refractivity contribution < 1.29 is 0 Å². The van der Waals surface area contributed by atoms with E-state index in [1.165, 1.54) is 11.1 Å². The average Bonchev–Trinajstić information content (AvgIpc) is 2.70. The SMILES string of the molecule is C1=C=CC(c2ccccc2)=C(Nc2ccc(-c3ccccc3)cc2)C=1. The minimum atomic E-state index is 1.03. The molecule has 1 aliphatic rings. The third-order valence-corrected chi connectivity index (χ3v) is 4.16. The Balaban J connectivity index is 1.62. The highest BCUT2D eigenvalue weighted by molar-refractivity contribution is 5.82. The van der Waals surface area contributed by atoms with Crippen molar-refractivity contribution in [1.29, 1.82) is 0 Å². The summed E-state index contributed by atoms with van der Waals surface area (Å²) < 4.78 is 0. The molecule has 0 aromatic heterocycles. The molecule has 1 aliphatic carbocycles. The molecule has 0 spiro atoms. The largest absolute Gasteiger partial charge is 0.354 e. The predicted molar refractivity (Wildman–Crippen MR) is 105 cm³/mol. The molecule has 25 heavy (non-hydrogen) atoms. The lowest BCUT2D eigenvalue weighted by Crippen LogP contribution is -2.01. The zero-order valence-electron chi connectivity index (χ0n) is 13.7. The van der Waals surface area contributed by atoms with Crippen LogP contribution >= 0.6 is 0 Å². The maximum absolute atomic E-state index is 3.50. The Kier molecular flexibility index (Phi) is 4.18. The lowest BCUT2D eigenvalue weighted by Gasteiger charge is -2.13. The van der Waals surface area contributed by atoms with E-state index in [1.54, 1.807) is 0 Å². The normalized spacial score (nSPS) is 12.5. The van der Waals surface area contributed by atoms with Crippen molar-refractivity contribution in [2.75, 3.05) is 5.32 Å². The van der Waals surface area contributed by atoms with Crippen molar-refractivity contribution in [2.24, 2.45) is 0 Å². The molecule has 1 N–H and O–H groups in total. The highest BCUT2D eigenvalue weighted by Gasteiger charge is 2.07. The number of hydrogen-bond donors (Lipinski definition) is 1. The van der Waals surface area contributed by atoms with E-state index in [4.69, 9.17) is 0 Å². The van der Waals surface area contributed by atoms with Gasteiger partial charge in [-0.25, -0.2) is 0 Å². The third-order valence-electron chi connectivity index (χ3n) is 4.16. The van der Waals surface area contributed by atoms with Gasteiger partial charge in [-0.1, -0.05) is 84.3 Å². The van der Waals surface area contributed by atoms with Crippen LogP contribution in [0.15, 0.2) is 114 Å². The number of anilines is 1. The maximum Gasteiger partial charge on any atom is 0.0555 e. The van der Waals surface area contributed by atoms with Gasteiger partial charge in [-0.2, -0.15) is 0 Å². The van der Waals surface area contributed by atoms with Crippen LogP contribution in [-0.2, 0) is 0 Å². The molecule has 3 aromatic carbocycles. The summed E-state index contributed by atoms with van der Waals surface area (Å²) in [6.45, 7) is 0. The summed E-state index contributed by atoms with van der Waals surface area (Å²) in [4.78, 5) is 0. The quantitative estimate of drug-likeness (QED) is 0.577. The minimum absolute atomic E-state index is 1.03. The van der Waals surface area contributed by atoms with Crippen molar-refractivity contribution in [3.8, 4) is 11.1 Å². The molecule has 3 aromatic rings. The van der Waals surface area contributed by atoms with E-state index >= 15 is 0 Å². The van der Waals surface area contributed by atoms with Crippen molar-refractivity contribution in [3.63, 3.8) is 0 Å². The van der Waals surface area contributed by atoms with E-state index in [-0.39, 0.29) is 0 Å². The van der Waals surface area contributed by atoms with Crippen LogP contribution in [0.4, 0.5) is 5.69 Å². The number of benzene rings is 3. The topological polar surface area (TPSA) is 12.0 Å². The Morgan fingerprint density at radius 1 is 0.520 bits per heavy atom. The van der Waals surface area contributed by atoms with E-state index in [0.717, 1.165) is 22.5 Å². The van der Waals surface area contributed by atoms with E-state index in [0.29, 0.717) is 0 Å². The second-order valence-corrected chi connectivity index (χ2v) is 5.84. The molecule has 0 heterocycles. The van der Waals surface area contributed by atoms with Crippen LogP contribution in [-0.4, -0.2) is 0 Å². The molecule has 0 radical (unpaired) electrons. The van der Waals surface area contributed by atoms with Crippen LogP contribution in [0.3, 0.4) is 0 Å². The highest BCUT2D eigenvalue weighted by Crippen LogP contribution is 2.26. The summed E-state index contributed by atoms with van der Waals surface area (Å²) in [6.07, 6.45) is 3.91. The molecule has 118 valence electrons. The van der Waals surface area contributed by atoms with E-state index < -0.39 is 0 Å². The number of nitrogens with one attached hydrogen (secondary N) is 1. The van der Waals surface area contributed by atoms with Gasteiger partial charge in [-0.15, -0.1) is 0 Å². The van der Waals surface area contributed by atoms with Crippen LogP contribution in [0, 0.1) is 0 Å². The van der Waals surface area contributed by atoms with Gasteiger partial charge in [0.25, 0.3) is 0 Å². The predicted octanol–water partition coefficient (Wildman–Crippen LogP) is 6.06. The van der Waals surface area contributed by atoms with E-state index in [1.807, 2.05) is 36.4 Å². The molecule has 0 amide bonds. The highest BCUT2D eigenvalue weighted by atomic mass is 14.9. The van der Waals surface area contributed by atoms with Gasteiger partial charge in [0.05, 0.1) is 5.70 Å². The Labute approximate surface area is 148 Å². The summed E-state index contributed by atoms with van der Waals surface area (Å²) in [7, 11) is 0. The molecule has 1 nitrogen and oxygen atoms in total. The van der Waals surface area contributed by atoms with Crippen molar-refractivity contribution in [1.82, 2.24) is 0 Å². The summed E-state index contributed by atoms with van der Waals surface area (Å²) >= 11 is 0. The first-order chi connectivity index (χ1) is 12.4. The fourth-order valence-corrected chi connectivity index (χ4v) is 2.88. The molecular weight excluding hydrogens is 302 g/mol. The van der Waals surface area contributed by atoms with Crippen molar-refractivity contribution in [3.05, 3.63) is 120 Å². The van der Waals surface area contributed by atoms with Crippen molar-refractivity contribution >= 4 is 11.3 Å². The first kappa shape index (κ1) is 15.1. The Morgan fingerprint density at radius 2 is 1.08 bits per heavy atom. The fourth-order valence-electron chi connectivity index (χ4n) is 2.88. The van der Waals surface area contributed by atoms with Gasteiger partial charge in [-0.3, -0.25) is 0 Å². The van der Waals surface area contributed by atoms with E-state index in [2.05, 4.69) is 77.4 Å². The second-order valence-electron chi connectivity index (χ2n) is 5.84.